The van der Waals surface area contributed by atoms with Crippen molar-refractivity contribution in [3.05, 3.63) is 101 Å². The van der Waals surface area contributed by atoms with Crippen LogP contribution in [0.15, 0.2) is 83.1 Å². The van der Waals surface area contributed by atoms with Gasteiger partial charge in [-0.1, -0.05) is 50.2 Å². The number of aliphatic hydroxyl groups excluding tert-OH is 1. The highest BCUT2D eigenvalue weighted by Crippen LogP contribution is 2.39. The minimum absolute atomic E-state index is 0.0652. The Morgan fingerprint density at radius 3 is 2.40 bits per heavy atom. The maximum atomic E-state index is 14.1. The number of phenols is 1. The molecule has 8 heterocycles. The summed E-state index contributed by atoms with van der Waals surface area (Å²) in [5.41, 5.74) is 14.4. The van der Waals surface area contributed by atoms with Crippen molar-refractivity contribution in [2.75, 3.05) is 61.4 Å². The molecule has 2 amide bonds. The van der Waals surface area contributed by atoms with Crippen molar-refractivity contribution >= 4 is 40.6 Å². The Labute approximate surface area is 423 Å². The van der Waals surface area contributed by atoms with Crippen LogP contribution >= 0.6 is 11.3 Å². The van der Waals surface area contributed by atoms with Crippen molar-refractivity contribution in [3.63, 3.8) is 0 Å². The number of nitrogen functional groups attached to an aromatic ring is 1. The number of para-hydroxylation sites is 1. The fraction of sp³-hybridized carbons (Fsp3) is 0.472. The quantitative estimate of drug-likeness (QED) is 0.0711. The Morgan fingerprint density at radius 2 is 1.69 bits per heavy atom. The molecule has 3 unspecified atom stereocenters. The first kappa shape index (κ1) is 48.9. The fourth-order valence-electron chi connectivity index (χ4n) is 11.0. The number of phenolic OH excluding ortho intramolecular Hbond substituents is 1. The van der Waals surface area contributed by atoms with Crippen molar-refractivity contribution in [2.24, 2.45) is 5.92 Å². The van der Waals surface area contributed by atoms with Gasteiger partial charge >= 0.3 is 0 Å². The Bertz CT molecular complexity index is 2800. The Balaban J connectivity index is 0.651. The molecule has 4 aliphatic heterocycles. The van der Waals surface area contributed by atoms with Gasteiger partial charge in [-0.15, -0.1) is 21.5 Å². The van der Waals surface area contributed by atoms with E-state index >= 15 is 0 Å². The number of fused-ring (bicyclic) bond motifs is 2. The number of carbonyl (C=O) groups is 2. The van der Waals surface area contributed by atoms with Gasteiger partial charge in [-0.2, -0.15) is 0 Å². The van der Waals surface area contributed by atoms with Gasteiger partial charge in [-0.3, -0.25) is 9.59 Å². The molecule has 4 saturated heterocycles. The number of ether oxygens (including phenoxy) is 1. The zero-order chi connectivity index (χ0) is 49.9. The Hall–Kier alpha value is -6.70. The Kier molecular flexibility index (Phi) is 14.6. The number of benzene rings is 2. The van der Waals surface area contributed by atoms with Gasteiger partial charge in [-0.25, -0.2) is 15.0 Å². The second-order valence-electron chi connectivity index (χ2n) is 20.1. The standard InChI is InChI=1S/C53H64N12O6S/c1-32(2)48(52(69)64-30-40(66)22-44(64)51(68)55-25-34-10-12-36(13-11-34)49-33(3)58-31-72-49)46-24-47(61-71-46)70-21-7-6-18-62-19-16-35(17-20-62)37-26-56-53(57-27-37)65-38-14-15-39(65)29-63(28-38)43-23-42(59-60-50(43)54)41-8-4-5-9-45(41)67/h4-5,8-13,23-24,26-27,31-32,35,38-40,44,48,66-67H,6-7,14-22,25,28-30H2,1-3H3,(H2,54,60)(H,55,68)/t38?,39?,40-,44+,48?/m1/s1. The molecule has 4 aliphatic rings. The summed E-state index contributed by atoms with van der Waals surface area (Å²) in [5, 5.41) is 36.7. The lowest BCUT2D eigenvalue weighted by Crippen LogP contribution is -2.54. The molecule has 6 aromatic rings. The van der Waals surface area contributed by atoms with Crippen LogP contribution in [-0.2, 0) is 16.1 Å². The lowest BCUT2D eigenvalue weighted by molar-refractivity contribution is -0.141. The van der Waals surface area contributed by atoms with E-state index in [-0.39, 0.29) is 48.5 Å². The van der Waals surface area contributed by atoms with E-state index < -0.39 is 18.1 Å². The molecule has 0 spiro atoms. The van der Waals surface area contributed by atoms with Crippen molar-refractivity contribution in [1.82, 2.24) is 45.4 Å². The van der Waals surface area contributed by atoms with E-state index in [2.05, 4.69) is 40.4 Å². The summed E-state index contributed by atoms with van der Waals surface area (Å²) in [4.78, 5) is 51.6. The number of thiazole rings is 1. The van der Waals surface area contributed by atoms with Crippen LogP contribution in [0.5, 0.6) is 11.6 Å². The van der Waals surface area contributed by atoms with Crippen molar-refractivity contribution in [2.45, 2.75) is 108 Å². The number of aliphatic hydroxyl groups is 1. The van der Waals surface area contributed by atoms with Crippen molar-refractivity contribution < 1.29 is 29.1 Å². The maximum Gasteiger partial charge on any atom is 0.254 e. The zero-order valence-corrected chi connectivity index (χ0v) is 42.0. The van der Waals surface area contributed by atoms with Gasteiger partial charge in [0.05, 0.1) is 40.2 Å². The largest absolute Gasteiger partial charge is 0.507 e. The number of rotatable bonds is 17. The average Bonchev–Trinajstić information content (AvgIpc) is 4.19. The molecule has 5 N–H and O–H groups in total. The third kappa shape index (κ3) is 10.6. The highest BCUT2D eigenvalue weighted by atomic mass is 32.1. The lowest BCUT2D eigenvalue weighted by atomic mass is 9.91. The maximum absolute atomic E-state index is 14.1. The summed E-state index contributed by atoms with van der Waals surface area (Å²) in [6, 6.07) is 18.4. The van der Waals surface area contributed by atoms with Crippen molar-refractivity contribution in [3.8, 4) is 33.3 Å². The van der Waals surface area contributed by atoms with Gasteiger partial charge in [0.1, 0.15) is 17.7 Å². The second-order valence-corrected chi connectivity index (χ2v) is 20.9. The number of piperazine rings is 1. The van der Waals surface area contributed by atoms with E-state index in [1.807, 2.05) is 81.1 Å². The molecule has 2 bridgehead atoms. The highest BCUT2D eigenvalue weighted by Gasteiger charge is 2.44. The van der Waals surface area contributed by atoms with Gasteiger partial charge in [0.15, 0.2) is 11.6 Å². The number of piperidine rings is 1. The number of aromatic nitrogens is 6. The number of likely N-dealkylation sites (tertiary alicyclic amines) is 2. The number of aromatic hydroxyl groups is 1. The van der Waals surface area contributed by atoms with Crippen molar-refractivity contribution in [1.29, 1.82) is 0 Å². The third-order valence-corrected chi connectivity index (χ3v) is 15.9. The molecule has 0 aliphatic carbocycles. The molecule has 72 heavy (non-hydrogen) atoms. The summed E-state index contributed by atoms with van der Waals surface area (Å²) in [6.45, 7) is 11.2. The van der Waals surface area contributed by atoms with Crippen LogP contribution in [-0.4, -0.2) is 132 Å². The first-order chi connectivity index (χ1) is 35.0. The molecule has 2 aromatic carbocycles. The normalized spacial score (nSPS) is 20.9. The summed E-state index contributed by atoms with van der Waals surface area (Å²) in [5.74, 6) is 0.992. The topological polar surface area (TPSA) is 225 Å². The number of nitrogens with one attached hydrogen (secondary N) is 1. The van der Waals surface area contributed by atoms with E-state index in [0.29, 0.717) is 47.8 Å². The van der Waals surface area contributed by atoms with E-state index in [4.69, 9.17) is 25.0 Å². The van der Waals surface area contributed by atoms with E-state index in [1.54, 1.807) is 29.5 Å². The number of nitrogens with zero attached hydrogens (tertiary/aromatic N) is 10. The summed E-state index contributed by atoms with van der Waals surface area (Å²) < 4.78 is 11.7. The Morgan fingerprint density at radius 1 is 0.944 bits per heavy atom. The van der Waals surface area contributed by atoms with Gasteiger partial charge < -0.3 is 50.1 Å². The first-order valence-electron chi connectivity index (χ1n) is 25.3. The molecule has 0 radical (unpaired) electrons. The van der Waals surface area contributed by atoms with E-state index in [1.165, 1.54) is 10.5 Å². The van der Waals surface area contributed by atoms with Crippen LogP contribution in [0.4, 0.5) is 17.5 Å². The fourth-order valence-corrected chi connectivity index (χ4v) is 11.9. The summed E-state index contributed by atoms with van der Waals surface area (Å²) in [7, 11) is 0. The number of aryl methyl sites for hydroxylation is 1. The molecule has 378 valence electrons. The second kappa shape index (κ2) is 21.6. The van der Waals surface area contributed by atoms with E-state index in [0.717, 1.165) is 105 Å². The predicted molar refractivity (Wildman–Crippen MR) is 275 cm³/mol. The predicted octanol–water partition coefficient (Wildman–Crippen LogP) is 6.56. The van der Waals surface area contributed by atoms with Crippen LogP contribution < -0.4 is 25.6 Å². The molecule has 5 atom stereocenters. The third-order valence-electron chi connectivity index (χ3n) is 14.9. The number of nitrogens with two attached hydrogens (primary N) is 1. The van der Waals surface area contributed by atoms with Crippen LogP contribution in [0.2, 0.25) is 0 Å². The van der Waals surface area contributed by atoms with Gasteiger partial charge in [0, 0.05) is 68.7 Å². The SMILES string of the molecule is Cc1ncsc1-c1ccc(CNC(=O)[C@@H]2C[C@@H](O)CN2C(=O)C(c2cc(OCCCCN3CCC(c4cnc(N5C6CCC5CN(c5cc(-c7ccccc7O)nnc5N)C6)nc4)CC3)no2)C(C)C)cc1. The summed E-state index contributed by atoms with van der Waals surface area (Å²) in [6.07, 6.45) is 9.42. The number of amides is 2. The van der Waals surface area contributed by atoms with Gasteiger partial charge in [0.2, 0.25) is 17.8 Å². The molecule has 19 heteroatoms. The van der Waals surface area contributed by atoms with Crippen LogP contribution in [0.3, 0.4) is 0 Å². The van der Waals surface area contributed by atoms with E-state index in [9.17, 15) is 19.8 Å². The summed E-state index contributed by atoms with van der Waals surface area (Å²) >= 11 is 1.59. The minimum Gasteiger partial charge on any atom is -0.507 e. The van der Waals surface area contributed by atoms with Crippen LogP contribution in [0.25, 0.3) is 21.7 Å². The number of hydrogen-bond acceptors (Lipinski definition) is 17. The average molecular weight is 997 g/mol. The molecule has 4 fully saturated rings. The number of β-amino-alcohol motifs (C(OH)–C–C–N with tert-alkyl or cyclic N) is 1. The van der Waals surface area contributed by atoms with Gasteiger partial charge in [0.25, 0.3) is 5.88 Å². The zero-order valence-electron chi connectivity index (χ0n) is 41.1. The minimum atomic E-state index is -0.810. The monoisotopic (exact) mass is 996 g/mol. The molecule has 10 rings (SSSR count). The smallest absolute Gasteiger partial charge is 0.254 e. The van der Waals surface area contributed by atoms with Gasteiger partial charge in [-0.05, 0) is 117 Å². The highest BCUT2D eigenvalue weighted by molar-refractivity contribution is 7.13. The molecule has 18 nitrogen and oxygen atoms in total. The molecular weight excluding hydrogens is 933 g/mol. The first-order valence-corrected chi connectivity index (χ1v) is 26.2. The molecule has 4 aromatic heterocycles. The number of anilines is 3. The number of hydrogen-bond donors (Lipinski definition) is 4. The lowest BCUT2D eigenvalue weighted by Gasteiger charge is -2.42. The van der Waals surface area contributed by atoms with Crippen LogP contribution in [0.1, 0.15) is 93.2 Å². The molecule has 0 saturated carbocycles. The van der Waals surface area contributed by atoms with Crippen LogP contribution in [0, 0.1) is 12.8 Å². The molecular formula is C53H64N12O6S. The number of carbonyl (C=O) groups excluding carboxylic acids is 2. The number of unbranched alkanes of at least 4 members (excludes halogenated alkanes) is 1.